The maximum absolute atomic E-state index is 11.2. The maximum Gasteiger partial charge on any atom is 0.217 e. The van der Waals surface area contributed by atoms with E-state index in [9.17, 15) is 4.79 Å². The Balaban J connectivity index is 1.89. The Morgan fingerprint density at radius 2 is 2.14 bits per heavy atom. The van der Waals surface area contributed by atoms with E-state index in [4.69, 9.17) is 4.98 Å². The predicted octanol–water partition coefficient (Wildman–Crippen LogP) is 2.57. The summed E-state index contributed by atoms with van der Waals surface area (Å²) in [4.78, 5) is 18.2. The summed E-state index contributed by atoms with van der Waals surface area (Å²) in [5.41, 5.74) is 3.52. The van der Waals surface area contributed by atoms with E-state index in [1.54, 1.807) is 6.92 Å². The molecule has 1 saturated heterocycles. The lowest BCUT2D eigenvalue weighted by molar-refractivity contribution is -0.119. The van der Waals surface area contributed by atoms with Crippen molar-refractivity contribution in [2.45, 2.75) is 33.2 Å². The molecule has 1 fully saturated rings. The Morgan fingerprint density at radius 3 is 2.90 bits per heavy atom. The molecular formula is C17H21N3O. The average molecular weight is 283 g/mol. The van der Waals surface area contributed by atoms with Crippen molar-refractivity contribution in [3.05, 3.63) is 35.4 Å². The number of fused-ring (bicyclic) bond motifs is 1. The van der Waals surface area contributed by atoms with Crippen LogP contribution in [0.15, 0.2) is 24.3 Å². The summed E-state index contributed by atoms with van der Waals surface area (Å²) in [7, 11) is 0. The number of benzene rings is 1. The van der Waals surface area contributed by atoms with Crippen molar-refractivity contribution in [3.63, 3.8) is 0 Å². The van der Waals surface area contributed by atoms with Gasteiger partial charge in [-0.2, -0.15) is 0 Å². The Hall–Kier alpha value is -2.10. The Bertz CT molecular complexity index is 696. The van der Waals surface area contributed by atoms with Crippen LogP contribution in [-0.4, -0.2) is 30.0 Å². The van der Waals surface area contributed by atoms with Gasteiger partial charge in [0.25, 0.3) is 0 Å². The van der Waals surface area contributed by atoms with Crippen LogP contribution in [0.4, 0.5) is 5.82 Å². The number of carbonyl (C=O) groups is 1. The molecule has 1 aromatic heterocycles. The molecule has 21 heavy (non-hydrogen) atoms. The number of aryl methyl sites for hydroxylation is 2. The molecule has 110 valence electrons. The summed E-state index contributed by atoms with van der Waals surface area (Å²) in [6, 6.07) is 8.78. The van der Waals surface area contributed by atoms with Crippen molar-refractivity contribution in [1.82, 2.24) is 10.3 Å². The first kappa shape index (κ1) is 13.9. The number of aromatic nitrogens is 1. The van der Waals surface area contributed by atoms with Gasteiger partial charge in [0.15, 0.2) is 0 Å². The molecule has 2 aromatic rings. The fourth-order valence-corrected chi connectivity index (χ4v) is 3.03. The summed E-state index contributed by atoms with van der Waals surface area (Å²) in [5.74, 6) is 1.05. The highest BCUT2D eigenvalue weighted by Gasteiger charge is 2.24. The van der Waals surface area contributed by atoms with Gasteiger partial charge in [-0.1, -0.05) is 12.1 Å². The zero-order valence-electron chi connectivity index (χ0n) is 12.8. The highest BCUT2D eigenvalue weighted by Crippen LogP contribution is 2.25. The highest BCUT2D eigenvalue weighted by atomic mass is 16.1. The Kier molecular flexibility index (Phi) is 3.53. The lowest BCUT2D eigenvalue weighted by atomic mass is 10.1. The first-order chi connectivity index (χ1) is 10.0. The van der Waals surface area contributed by atoms with Gasteiger partial charge >= 0.3 is 0 Å². The van der Waals surface area contributed by atoms with Crippen molar-refractivity contribution in [3.8, 4) is 0 Å². The van der Waals surface area contributed by atoms with E-state index in [-0.39, 0.29) is 11.9 Å². The molecule has 1 N–H and O–H groups in total. The third-order valence-electron chi connectivity index (χ3n) is 4.08. The second-order valence-corrected chi connectivity index (χ2v) is 5.95. The van der Waals surface area contributed by atoms with Gasteiger partial charge in [0, 0.05) is 31.4 Å². The summed E-state index contributed by atoms with van der Waals surface area (Å²) < 4.78 is 0. The third kappa shape index (κ3) is 2.84. The molecule has 0 spiro atoms. The fraction of sp³-hybridized carbons (Fsp3) is 0.412. The SMILES string of the molecule is CC(=O)NC1CCN(c2cc(C)c3ccc(C)cc3n2)C1. The number of anilines is 1. The van der Waals surface area contributed by atoms with E-state index >= 15 is 0 Å². The molecular weight excluding hydrogens is 262 g/mol. The van der Waals surface area contributed by atoms with Gasteiger partial charge in [-0.15, -0.1) is 0 Å². The number of hydrogen-bond acceptors (Lipinski definition) is 3. The van der Waals surface area contributed by atoms with Crippen molar-refractivity contribution in [1.29, 1.82) is 0 Å². The molecule has 1 atom stereocenters. The summed E-state index contributed by atoms with van der Waals surface area (Å²) >= 11 is 0. The van der Waals surface area contributed by atoms with Crippen LogP contribution in [0.5, 0.6) is 0 Å². The fourth-order valence-electron chi connectivity index (χ4n) is 3.03. The molecule has 1 amide bonds. The normalized spacial score (nSPS) is 18.2. The molecule has 1 aliphatic heterocycles. The number of hydrogen-bond donors (Lipinski definition) is 1. The minimum atomic E-state index is 0.0418. The lowest BCUT2D eigenvalue weighted by Gasteiger charge is -2.19. The molecule has 1 aromatic carbocycles. The summed E-state index contributed by atoms with van der Waals surface area (Å²) in [5, 5.41) is 4.20. The van der Waals surface area contributed by atoms with Crippen molar-refractivity contribution < 1.29 is 4.79 Å². The summed E-state index contributed by atoms with van der Waals surface area (Å²) in [6.07, 6.45) is 0.978. The second kappa shape index (κ2) is 5.35. The molecule has 0 saturated carbocycles. The third-order valence-corrected chi connectivity index (χ3v) is 4.08. The number of carbonyl (C=O) groups excluding carboxylic acids is 1. The van der Waals surface area contributed by atoms with Crippen LogP contribution in [0, 0.1) is 13.8 Å². The first-order valence-corrected chi connectivity index (χ1v) is 7.43. The molecule has 1 aliphatic rings. The topological polar surface area (TPSA) is 45.2 Å². The van der Waals surface area contributed by atoms with E-state index in [1.807, 2.05) is 0 Å². The number of pyridine rings is 1. The monoisotopic (exact) mass is 283 g/mol. The van der Waals surface area contributed by atoms with E-state index in [0.717, 1.165) is 30.8 Å². The van der Waals surface area contributed by atoms with E-state index in [1.165, 1.54) is 16.5 Å². The van der Waals surface area contributed by atoms with Crippen LogP contribution in [-0.2, 0) is 4.79 Å². The van der Waals surface area contributed by atoms with Crippen LogP contribution in [0.3, 0.4) is 0 Å². The van der Waals surface area contributed by atoms with Gasteiger partial charge in [-0.05, 0) is 43.5 Å². The van der Waals surface area contributed by atoms with E-state index in [0.29, 0.717) is 0 Å². The zero-order valence-corrected chi connectivity index (χ0v) is 12.8. The second-order valence-electron chi connectivity index (χ2n) is 5.95. The molecule has 0 bridgehead atoms. The minimum absolute atomic E-state index is 0.0418. The molecule has 4 heteroatoms. The first-order valence-electron chi connectivity index (χ1n) is 7.43. The molecule has 0 aliphatic carbocycles. The van der Waals surface area contributed by atoms with Gasteiger partial charge in [0.05, 0.1) is 5.52 Å². The summed E-state index contributed by atoms with van der Waals surface area (Å²) in [6.45, 7) is 7.57. The van der Waals surface area contributed by atoms with Crippen LogP contribution in [0.25, 0.3) is 10.9 Å². The van der Waals surface area contributed by atoms with Crippen molar-refractivity contribution in [2.75, 3.05) is 18.0 Å². The number of nitrogens with zero attached hydrogens (tertiary/aromatic N) is 2. The standard InChI is InChI=1S/C17H21N3O/c1-11-4-5-15-12(2)9-17(19-16(15)8-11)20-7-6-14(10-20)18-13(3)21/h4-5,8-9,14H,6-7,10H2,1-3H3,(H,18,21). The molecule has 3 rings (SSSR count). The Morgan fingerprint density at radius 1 is 1.33 bits per heavy atom. The van der Waals surface area contributed by atoms with Gasteiger partial charge in [-0.3, -0.25) is 4.79 Å². The molecule has 2 heterocycles. The van der Waals surface area contributed by atoms with Crippen LogP contribution < -0.4 is 10.2 Å². The lowest BCUT2D eigenvalue weighted by Crippen LogP contribution is -2.35. The van der Waals surface area contributed by atoms with Crippen LogP contribution in [0.1, 0.15) is 24.5 Å². The maximum atomic E-state index is 11.2. The van der Waals surface area contributed by atoms with Gasteiger partial charge in [0.1, 0.15) is 5.82 Å². The number of rotatable bonds is 2. The van der Waals surface area contributed by atoms with Crippen LogP contribution in [0.2, 0.25) is 0 Å². The zero-order chi connectivity index (χ0) is 15.0. The van der Waals surface area contributed by atoms with E-state index in [2.05, 4.69) is 48.3 Å². The van der Waals surface area contributed by atoms with Gasteiger partial charge in [0.2, 0.25) is 5.91 Å². The number of nitrogens with one attached hydrogen (secondary N) is 1. The number of amides is 1. The van der Waals surface area contributed by atoms with E-state index < -0.39 is 0 Å². The largest absolute Gasteiger partial charge is 0.354 e. The highest BCUT2D eigenvalue weighted by molar-refractivity contribution is 5.84. The van der Waals surface area contributed by atoms with Crippen LogP contribution >= 0.6 is 0 Å². The van der Waals surface area contributed by atoms with Crippen molar-refractivity contribution >= 4 is 22.6 Å². The molecule has 4 nitrogen and oxygen atoms in total. The Labute approximate surface area is 125 Å². The van der Waals surface area contributed by atoms with Gasteiger partial charge in [-0.25, -0.2) is 4.98 Å². The predicted molar refractivity (Wildman–Crippen MR) is 85.7 cm³/mol. The van der Waals surface area contributed by atoms with Crippen molar-refractivity contribution in [2.24, 2.45) is 0 Å². The molecule has 0 radical (unpaired) electrons. The smallest absolute Gasteiger partial charge is 0.217 e. The minimum Gasteiger partial charge on any atom is -0.354 e. The van der Waals surface area contributed by atoms with Gasteiger partial charge < -0.3 is 10.2 Å². The quantitative estimate of drug-likeness (QED) is 0.921. The molecule has 1 unspecified atom stereocenters. The average Bonchev–Trinajstić information content (AvgIpc) is 2.85.